The Kier molecular flexibility index (Phi) is 6.28. The van der Waals surface area contributed by atoms with Gasteiger partial charge in [0.1, 0.15) is 19.3 Å². The number of carbonyl (C=O) groups is 3. The van der Waals surface area contributed by atoms with Crippen LogP contribution in [0.4, 0.5) is 18.9 Å². The third-order valence-electron chi connectivity index (χ3n) is 6.21. The van der Waals surface area contributed by atoms with Gasteiger partial charge in [-0.05, 0) is 54.1 Å². The molecule has 3 aromatic carbocycles. The van der Waals surface area contributed by atoms with Crippen molar-refractivity contribution >= 4 is 23.3 Å². The lowest BCUT2D eigenvalue weighted by atomic mass is 9.99. The van der Waals surface area contributed by atoms with Gasteiger partial charge in [-0.25, -0.2) is 0 Å². The molecule has 0 radical (unpaired) electrons. The van der Waals surface area contributed by atoms with Gasteiger partial charge in [0, 0.05) is 11.1 Å². The number of alkyl halides is 3. The normalized spacial score (nSPS) is 16.7. The van der Waals surface area contributed by atoms with E-state index in [0.29, 0.717) is 30.3 Å². The van der Waals surface area contributed by atoms with E-state index in [-0.39, 0.29) is 28.9 Å². The van der Waals surface area contributed by atoms with Crippen molar-refractivity contribution in [2.75, 3.05) is 25.1 Å². The highest BCUT2D eigenvalue weighted by molar-refractivity contribution is 6.14. The predicted molar refractivity (Wildman–Crippen MR) is 130 cm³/mol. The van der Waals surface area contributed by atoms with Gasteiger partial charge in [0.05, 0.1) is 23.4 Å². The van der Waals surface area contributed by atoms with Crippen molar-refractivity contribution in [1.82, 2.24) is 4.90 Å². The molecule has 0 saturated carbocycles. The summed E-state index contributed by atoms with van der Waals surface area (Å²) in [5, 5.41) is 2.64. The molecule has 0 bridgehead atoms. The maximum Gasteiger partial charge on any atom is 0.416 e. The highest BCUT2D eigenvalue weighted by Crippen LogP contribution is 2.35. The summed E-state index contributed by atoms with van der Waals surface area (Å²) in [6.45, 7) is 0.459. The molecule has 10 heteroatoms. The first kappa shape index (κ1) is 24.9. The number of halogens is 3. The fraction of sp³-hybridized carbons (Fsp3) is 0.179. The van der Waals surface area contributed by atoms with E-state index in [0.717, 1.165) is 29.2 Å². The lowest BCUT2D eigenvalue weighted by Crippen LogP contribution is -2.39. The van der Waals surface area contributed by atoms with Crippen LogP contribution in [0.2, 0.25) is 0 Å². The van der Waals surface area contributed by atoms with Gasteiger partial charge in [0.25, 0.3) is 11.8 Å². The molecule has 0 aromatic heterocycles. The second-order valence-corrected chi connectivity index (χ2v) is 8.60. The number of carbonyl (C=O) groups excluding carboxylic acids is 3. The molecule has 5 rings (SSSR count). The van der Waals surface area contributed by atoms with Crippen molar-refractivity contribution in [3.63, 3.8) is 0 Å². The second kappa shape index (κ2) is 9.59. The first-order valence-corrected chi connectivity index (χ1v) is 11.5. The minimum Gasteiger partial charge on any atom is -0.486 e. The molecule has 2 heterocycles. The standard InChI is InChI=1S/C28H19F3N2O5/c1-2-11-33-24(16-3-7-19(8-4-16)28(29,30)31)26(35)32-21-9-5-17(14-20(21)27(33)36)25(34)18-6-10-22-23(15-18)38-13-12-37-22/h1,3-10,14-15,24H,11-13H2,(H,32,35). The van der Waals surface area contributed by atoms with Crippen LogP contribution in [-0.4, -0.2) is 42.3 Å². The molecule has 3 aromatic rings. The van der Waals surface area contributed by atoms with E-state index in [9.17, 15) is 27.6 Å². The van der Waals surface area contributed by atoms with Crippen molar-refractivity contribution in [3.8, 4) is 23.8 Å². The lowest BCUT2D eigenvalue weighted by Gasteiger charge is -2.27. The largest absolute Gasteiger partial charge is 0.486 e. The summed E-state index contributed by atoms with van der Waals surface area (Å²) in [5.74, 6) is 1.58. The fourth-order valence-corrected chi connectivity index (χ4v) is 4.38. The van der Waals surface area contributed by atoms with Gasteiger partial charge in [-0.15, -0.1) is 6.42 Å². The van der Waals surface area contributed by atoms with E-state index in [4.69, 9.17) is 15.9 Å². The molecule has 0 aliphatic carbocycles. The summed E-state index contributed by atoms with van der Waals surface area (Å²) in [6, 6.07) is 11.7. The number of hydrogen-bond acceptors (Lipinski definition) is 5. The molecule has 0 saturated heterocycles. The zero-order chi connectivity index (χ0) is 27.0. The van der Waals surface area contributed by atoms with Gasteiger partial charge in [-0.1, -0.05) is 18.1 Å². The van der Waals surface area contributed by atoms with Crippen LogP contribution in [0, 0.1) is 12.3 Å². The van der Waals surface area contributed by atoms with Crippen molar-refractivity contribution in [2.24, 2.45) is 0 Å². The maximum absolute atomic E-state index is 13.6. The first-order chi connectivity index (χ1) is 18.2. The number of benzene rings is 3. The molecule has 2 amide bonds. The number of terminal acetylenes is 1. The van der Waals surface area contributed by atoms with Crippen LogP contribution in [0.5, 0.6) is 11.5 Å². The van der Waals surface area contributed by atoms with E-state index < -0.39 is 35.4 Å². The topological polar surface area (TPSA) is 84.9 Å². The Hall–Kier alpha value is -4.78. The fourth-order valence-electron chi connectivity index (χ4n) is 4.38. The van der Waals surface area contributed by atoms with Crippen LogP contribution < -0.4 is 14.8 Å². The Morgan fingerprint density at radius 1 is 0.974 bits per heavy atom. The first-order valence-electron chi connectivity index (χ1n) is 11.5. The highest BCUT2D eigenvalue weighted by Gasteiger charge is 2.37. The summed E-state index contributed by atoms with van der Waals surface area (Å²) in [7, 11) is 0. The van der Waals surface area contributed by atoms with Gasteiger partial charge >= 0.3 is 6.18 Å². The summed E-state index contributed by atoms with van der Waals surface area (Å²) in [4.78, 5) is 41.1. The van der Waals surface area contributed by atoms with Crippen LogP contribution in [0.3, 0.4) is 0 Å². The molecule has 38 heavy (non-hydrogen) atoms. The summed E-state index contributed by atoms with van der Waals surface area (Å²) in [5.41, 5.74) is -0.0872. The number of ketones is 1. The predicted octanol–water partition coefficient (Wildman–Crippen LogP) is 4.48. The van der Waals surface area contributed by atoms with E-state index >= 15 is 0 Å². The summed E-state index contributed by atoms with van der Waals surface area (Å²) < 4.78 is 50.1. The molecule has 1 atom stereocenters. The number of ether oxygens (including phenoxy) is 2. The molecule has 1 N–H and O–H groups in total. The third kappa shape index (κ3) is 4.54. The van der Waals surface area contributed by atoms with E-state index in [2.05, 4.69) is 11.2 Å². The average Bonchev–Trinajstić information content (AvgIpc) is 3.01. The lowest BCUT2D eigenvalue weighted by molar-refractivity contribution is -0.137. The Labute approximate surface area is 215 Å². The maximum atomic E-state index is 13.6. The van der Waals surface area contributed by atoms with Crippen LogP contribution in [0.15, 0.2) is 60.7 Å². The van der Waals surface area contributed by atoms with E-state index in [1.165, 1.54) is 18.2 Å². The summed E-state index contributed by atoms with van der Waals surface area (Å²) in [6.07, 6.45) is 0.908. The number of rotatable bonds is 4. The number of anilines is 1. The van der Waals surface area contributed by atoms with Gasteiger partial charge < -0.3 is 19.7 Å². The number of fused-ring (bicyclic) bond motifs is 2. The Morgan fingerprint density at radius 3 is 2.32 bits per heavy atom. The summed E-state index contributed by atoms with van der Waals surface area (Å²) >= 11 is 0. The molecule has 2 aliphatic rings. The average molecular weight is 520 g/mol. The minimum atomic E-state index is -4.56. The molecule has 0 spiro atoms. The number of nitrogens with one attached hydrogen (secondary N) is 1. The van der Waals surface area contributed by atoms with Crippen molar-refractivity contribution in [1.29, 1.82) is 0 Å². The van der Waals surface area contributed by atoms with Crippen LogP contribution in [-0.2, 0) is 11.0 Å². The van der Waals surface area contributed by atoms with Gasteiger partial charge in [0.15, 0.2) is 17.3 Å². The quantitative estimate of drug-likeness (QED) is 0.405. The molecular formula is C28H19F3N2O5. The second-order valence-electron chi connectivity index (χ2n) is 8.60. The van der Waals surface area contributed by atoms with Crippen molar-refractivity contribution < 1.29 is 37.0 Å². The van der Waals surface area contributed by atoms with E-state index in [1.807, 2.05) is 0 Å². The van der Waals surface area contributed by atoms with Gasteiger partial charge in [0.2, 0.25) is 0 Å². The van der Waals surface area contributed by atoms with Crippen molar-refractivity contribution in [3.05, 3.63) is 88.5 Å². The smallest absolute Gasteiger partial charge is 0.416 e. The van der Waals surface area contributed by atoms with Crippen molar-refractivity contribution in [2.45, 2.75) is 12.2 Å². The van der Waals surface area contributed by atoms with Crippen LogP contribution in [0.1, 0.15) is 43.4 Å². The molecule has 192 valence electrons. The zero-order valence-corrected chi connectivity index (χ0v) is 19.7. The van der Waals surface area contributed by atoms with Crippen LogP contribution in [0.25, 0.3) is 0 Å². The number of hydrogen-bond donors (Lipinski definition) is 1. The highest BCUT2D eigenvalue weighted by atomic mass is 19.4. The molecule has 7 nitrogen and oxygen atoms in total. The Balaban J connectivity index is 1.50. The zero-order valence-electron chi connectivity index (χ0n) is 19.7. The molecule has 0 fully saturated rings. The minimum absolute atomic E-state index is 0.0198. The molecule has 1 unspecified atom stereocenters. The van der Waals surface area contributed by atoms with Gasteiger partial charge in [-0.2, -0.15) is 13.2 Å². The Bertz CT molecular complexity index is 1490. The third-order valence-corrected chi connectivity index (χ3v) is 6.21. The molecule has 2 aliphatic heterocycles. The monoisotopic (exact) mass is 520 g/mol. The number of nitrogens with zero attached hydrogens (tertiary/aromatic N) is 1. The SMILES string of the molecule is C#CCN1C(=O)c2cc(C(=O)c3ccc4c(c3)OCCO4)ccc2NC(=O)C1c1ccc(C(F)(F)F)cc1. The van der Waals surface area contributed by atoms with E-state index in [1.54, 1.807) is 18.2 Å². The number of amides is 2. The molecular weight excluding hydrogens is 501 g/mol. The van der Waals surface area contributed by atoms with Gasteiger partial charge in [-0.3, -0.25) is 14.4 Å². The Morgan fingerprint density at radius 2 is 1.63 bits per heavy atom. The van der Waals surface area contributed by atoms with Crippen LogP contribution >= 0.6 is 0 Å².